The number of aromatic amines is 1. The molecule has 1 aliphatic heterocycles. The average molecular weight is 674 g/mol. The number of thioether (sulfide) groups is 1. The molecular formula is C35H35N3O7S2. The largest absolute Gasteiger partial charge is 0.494 e. The van der Waals surface area contributed by atoms with Crippen molar-refractivity contribution in [3.05, 3.63) is 105 Å². The van der Waals surface area contributed by atoms with Crippen molar-refractivity contribution in [3.63, 3.8) is 0 Å². The summed E-state index contributed by atoms with van der Waals surface area (Å²) in [5.74, 6) is 0.891. The van der Waals surface area contributed by atoms with Crippen molar-refractivity contribution in [3.8, 4) is 23.1 Å². The van der Waals surface area contributed by atoms with Gasteiger partial charge in [-0.05, 0) is 93.3 Å². The summed E-state index contributed by atoms with van der Waals surface area (Å²) in [6.07, 6.45) is 6.79. The summed E-state index contributed by atoms with van der Waals surface area (Å²) in [7, 11) is 1.61. The highest BCUT2D eigenvalue weighted by Crippen LogP contribution is 2.41. The molecule has 0 radical (unpaired) electrons. The third-order valence-electron chi connectivity index (χ3n) is 7.20. The molecule has 4 aromatic rings. The van der Waals surface area contributed by atoms with E-state index in [-0.39, 0.29) is 23.1 Å². The second-order valence-corrected chi connectivity index (χ2v) is 13.7. The summed E-state index contributed by atoms with van der Waals surface area (Å²) in [5.41, 5.74) is -0.272. The van der Waals surface area contributed by atoms with Crippen molar-refractivity contribution in [1.82, 2.24) is 4.98 Å². The summed E-state index contributed by atoms with van der Waals surface area (Å²) in [5, 5.41) is 9.89. The minimum absolute atomic E-state index is 0.133. The quantitative estimate of drug-likeness (QED) is 0.161. The monoisotopic (exact) mass is 673 g/mol. The van der Waals surface area contributed by atoms with E-state index in [1.807, 2.05) is 30.5 Å². The number of aromatic hydroxyl groups is 1. The van der Waals surface area contributed by atoms with E-state index in [4.69, 9.17) is 14.2 Å². The first-order valence-electron chi connectivity index (χ1n) is 14.7. The number of hydrogen-bond donors (Lipinski definition) is 2. The van der Waals surface area contributed by atoms with E-state index < -0.39 is 17.2 Å². The van der Waals surface area contributed by atoms with E-state index in [2.05, 4.69) is 9.98 Å². The average Bonchev–Trinajstić information content (AvgIpc) is 3.66. The van der Waals surface area contributed by atoms with Gasteiger partial charge in [0.05, 0.1) is 10.6 Å². The number of thiazole rings is 1. The summed E-state index contributed by atoms with van der Waals surface area (Å²) in [6.45, 7) is 5.10. The van der Waals surface area contributed by atoms with E-state index in [1.165, 1.54) is 4.90 Å². The lowest BCUT2D eigenvalue weighted by molar-refractivity contribution is -0.124. The van der Waals surface area contributed by atoms with Gasteiger partial charge < -0.3 is 19.3 Å². The number of nitrogens with one attached hydrogen (secondary N) is 1. The Morgan fingerprint density at radius 1 is 1.04 bits per heavy atom. The predicted octanol–water partition coefficient (Wildman–Crippen LogP) is 7.10. The molecule has 0 spiro atoms. The number of carbonyl (C=O) groups excluding carboxylic acids is 2. The van der Waals surface area contributed by atoms with E-state index in [0.717, 1.165) is 21.8 Å². The summed E-state index contributed by atoms with van der Waals surface area (Å²) >= 11 is 2.56. The van der Waals surface area contributed by atoms with Crippen LogP contribution in [0.5, 0.6) is 23.1 Å². The van der Waals surface area contributed by atoms with Crippen LogP contribution in [0.2, 0.25) is 0 Å². The lowest BCUT2D eigenvalue weighted by Crippen LogP contribution is -2.36. The van der Waals surface area contributed by atoms with Gasteiger partial charge in [-0.2, -0.15) is 0 Å². The lowest BCUT2D eigenvalue weighted by Gasteiger charge is -2.28. The standard InChI is InChI=1S/C35H35N3O7S2/c1-34(2,3)45-33(42)38(4)23-9-16-27(28(20-23)44-25-12-14-26(46-5)15-13-25)35(17-6-18-36-35)30(39)21-43-24-10-7-22(8-11-24)19-29-31(40)37-32(41)47-29/h6-18,20,40H,19,21H2,1-5H3,(H,37,41). The molecule has 0 saturated carbocycles. The Morgan fingerprint density at radius 2 is 1.74 bits per heavy atom. The van der Waals surface area contributed by atoms with Crippen LogP contribution in [-0.2, 0) is 21.5 Å². The molecule has 1 aliphatic rings. The predicted molar refractivity (Wildman–Crippen MR) is 185 cm³/mol. The molecule has 2 N–H and O–H groups in total. The molecule has 5 rings (SSSR count). The smallest absolute Gasteiger partial charge is 0.414 e. The van der Waals surface area contributed by atoms with Gasteiger partial charge >= 0.3 is 11.0 Å². The maximum Gasteiger partial charge on any atom is 0.414 e. The number of aromatic nitrogens is 1. The molecule has 10 nitrogen and oxygen atoms in total. The van der Waals surface area contributed by atoms with Crippen LogP contribution in [0.3, 0.4) is 0 Å². The summed E-state index contributed by atoms with van der Waals surface area (Å²) in [6, 6.07) is 19.8. The zero-order valence-corrected chi connectivity index (χ0v) is 28.2. The van der Waals surface area contributed by atoms with E-state index in [0.29, 0.717) is 39.8 Å². The molecule has 1 unspecified atom stereocenters. The number of H-pyrrole nitrogens is 1. The fraction of sp³-hybridized carbons (Fsp3) is 0.257. The van der Waals surface area contributed by atoms with Gasteiger partial charge in [0.15, 0.2) is 5.54 Å². The Kier molecular flexibility index (Phi) is 9.92. The van der Waals surface area contributed by atoms with Gasteiger partial charge in [0, 0.05) is 36.2 Å². The van der Waals surface area contributed by atoms with Gasteiger partial charge in [0.1, 0.15) is 29.5 Å². The number of hydrogen-bond acceptors (Lipinski definition) is 10. The fourth-order valence-corrected chi connectivity index (χ4v) is 5.97. The first-order valence-corrected chi connectivity index (χ1v) is 16.7. The molecular weight excluding hydrogens is 639 g/mol. The maximum absolute atomic E-state index is 14.0. The second kappa shape index (κ2) is 13.9. The second-order valence-electron chi connectivity index (χ2n) is 11.7. The molecule has 2 heterocycles. The first kappa shape index (κ1) is 33.6. The Labute approximate surface area is 280 Å². The molecule has 1 atom stereocenters. The topological polar surface area (TPSA) is 131 Å². The zero-order valence-electron chi connectivity index (χ0n) is 26.6. The highest BCUT2D eigenvalue weighted by molar-refractivity contribution is 7.98. The van der Waals surface area contributed by atoms with E-state index >= 15 is 0 Å². The normalized spacial score (nSPS) is 15.4. The number of aliphatic imine (C=N–C) groups is 1. The number of benzene rings is 3. The van der Waals surface area contributed by atoms with Gasteiger partial charge in [0.25, 0.3) is 0 Å². The number of allylic oxidation sites excluding steroid dienone is 1. The van der Waals surface area contributed by atoms with Crippen molar-refractivity contribution in [2.75, 3.05) is 24.8 Å². The van der Waals surface area contributed by atoms with E-state index in [9.17, 15) is 19.5 Å². The van der Waals surface area contributed by atoms with Crippen LogP contribution < -0.4 is 19.2 Å². The minimum atomic E-state index is -1.43. The van der Waals surface area contributed by atoms with Gasteiger partial charge in [-0.25, -0.2) is 4.79 Å². The summed E-state index contributed by atoms with van der Waals surface area (Å²) < 4.78 is 17.8. The van der Waals surface area contributed by atoms with Crippen LogP contribution in [0.4, 0.5) is 10.5 Å². The van der Waals surface area contributed by atoms with Gasteiger partial charge in [-0.1, -0.05) is 23.5 Å². The number of rotatable bonds is 11. The molecule has 0 saturated heterocycles. The van der Waals surface area contributed by atoms with Crippen LogP contribution in [0.1, 0.15) is 36.8 Å². The SMILES string of the molecule is CSc1ccc(Oc2cc(N(C)C(=O)OC(C)(C)C)ccc2C2(C(=O)COc3ccc(Cc4sc(=O)[nH]c4O)cc3)C=CC=N2)cc1. The van der Waals surface area contributed by atoms with Crippen molar-refractivity contribution < 1.29 is 28.9 Å². The molecule has 12 heteroatoms. The molecule has 3 aromatic carbocycles. The Balaban J connectivity index is 1.41. The molecule has 1 amide bonds. The summed E-state index contributed by atoms with van der Waals surface area (Å²) in [4.78, 5) is 48.0. The van der Waals surface area contributed by atoms with Crippen LogP contribution in [0.15, 0.2) is 93.6 Å². The number of Topliss-reactive ketones (excluding diaryl/α,β-unsaturated/α-hetero) is 1. The number of nitrogens with zero attached hydrogens (tertiary/aromatic N) is 2. The number of anilines is 1. The van der Waals surface area contributed by atoms with Gasteiger partial charge in [-0.15, -0.1) is 11.8 Å². The molecule has 1 aromatic heterocycles. The highest BCUT2D eigenvalue weighted by Gasteiger charge is 2.41. The number of amides is 1. The lowest BCUT2D eigenvalue weighted by atomic mass is 9.86. The van der Waals surface area contributed by atoms with Crippen LogP contribution in [-0.4, -0.2) is 53.7 Å². The maximum atomic E-state index is 14.0. The first-order chi connectivity index (χ1) is 22.4. The van der Waals surface area contributed by atoms with Crippen molar-refractivity contribution in [2.45, 2.75) is 43.2 Å². The van der Waals surface area contributed by atoms with Crippen LogP contribution in [0.25, 0.3) is 0 Å². The fourth-order valence-electron chi connectivity index (χ4n) is 4.81. The zero-order chi connectivity index (χ0) is 33.8. The third kappa shape index (κ3) is 7.95. The third-order valence-corrected chi connectivity index (χ3v) is 8.82. The Morgan fingerprint density at radius 3 is 2.34 bits per heavy atom. The Hall–Kier alpha value is -4.81. The number of carbonyl (C=O) groups is 2. The van der Waals surface area contributed by atoms with E-state index in [1.54, 1.807) is 100 Å². The van der Waals surface area contributed by atoms with Crippen molar-refractivity contribution in [1.29, 1.82) is 0 Å². The molecule has 0 bridgehead atoms. The molecule has 0 fully saturated rings. The van der Waals surface area contributed by atoms with Crippen molar-refractivity contribution in [2.24, 2.45) is 4.99 Å². The van der Waals surface area contributed by atoms with Gasteiger partial charge in [0.2, 0.25) is 11.7 Å². The number of ether oxygens (including phenoxy) is 3. The highest BCUT2D eigenvalue weighted by atomic mass is 32.2. The molecule has 0 aliphatic carbocycles. The Bertz CT molecular complexity index is 1860. The van der Waals surface area contributed by atoms with Crippen molar-refractivity contribution >= 4 is 46.9 Å². The minimum Gasteiger partial charge on any atom is -0.494 e. The van der Waals surface area contributed by atoms with Gasteiger partial charge in [-0.3, -0.25) is 24.5 Å². The molecule has 47 heavy (non-hydrogen) atoms. The van der Waals surface area contributed by atoms with Crippen LogP contribution in [0, 0.1) is 0 Å². The van der Waals surface area contributed by atoms with Crippen LogP contribution >= 0.6 is 23.1 Å². The number of ketones is 1. The molecule has 244 valence electrons.